The molecule has 4 rings (SSSR count). The summed E-state index contributed by atoms with van der Waals surface area (Å²) < 4.78 is 0. The van der Waals surface area contributed by atoms with Gasteiger partial charge in [-0.2, -0.15) is 5.26 Å². The van der Waals surface area contributed by atoms with Crippen molar-refractivity contribution >= 4 is 22.3 Å². The number of nitrogens with zero attached hydrogens (tertiary/aromatic N) is 5. The third-order valence-corrected chi connectivity index (χ3v) is 5.47. The third kappa shape index (κ3) is 4.30. The highest BCUT2D eigenvalue weighted by Crippen LogP contribution is 2.34. The third-order valence-electron chi connectivity index (χ3n) is 4.69. The Hall–Kier alpha value is -2.82. The van der Waals surface area contributed by atoms with Gasteiger partial charge in [0.05, 0.1) is 29.1 Å². The summed E-state index contributed by atoms with van der Waals surface area (Å²) in [6.07, 6.45) is 7.02. The first-order valence-electron chi connectivity index (χ1n) is 9.04. The maximum absolute atomic E-state index is 9.02. The van der Waals surface area contributed by atoms with E-state index in [0.29, 0.717) is 17.4 Å². The van der Waals surface area contributed by atoms with Crippen LogP contribution in [0, 0.1) is 11.3 Å². The van der Waals surface area contributed by atoms with Gasteiger partial charge >= 0.3 is 0 Å². The van der Waals surface area contributed by atoms with E-state index in [-0.39, 0.29) is 0 Å². The highest BCUT2D eigenvalue weighted by molar-refractivity contribution is 7.13. The van der Waals surface area contributed by atoms with Crippen LogP contribution < -0.4 is 5.32 Å². The minimum Gasteiger partial charge on any atom is -0.316 e. The first-order chi connectivity index (χ1) is 13.3. The Kier molecular flexibility index (Phi) is 5.37. The molecule has 1 aliphatic rings. The van der Waals surface area contributed by atoms with E-state index in [1.807, 2.05) is 18.3 Å². The normalized spacial score (nSPS) is 17.4. The Balaban J connectivity index is 1.49. The minimum absolute atomic E-state index is 0.311. The summed E-state index contributed by atoms with van der Waals surface area (Å²) in [5.41, 5.74) is 2.77. The average molecular weight is 376 g/mol. The van der Waals surface area contributed by atoms with Crippen LogP contribution in [-0.2, 0) is 6.54 Å². The van der Waals surface area contributed by atoms with E-state index in [4.69, 9.17) is 10.2 Å². The standard InChI is InChI=1S/C20H20N6S/c21-12-15-7-9-23-19(11-15)25-20-24-17(14-27-20)18-6-2-4-10-26(18)13-16-5-1-3-8-22-16/h1,3,5,7-9,11,14,18H,2,4,6,10,13H2,(H,23,24,25). The summed E-state index contributed by atoms with van der Waals surface area (Å²) in [6.45, 7) is 1.91. The molecule has 0 bridgehead atoms. The molecule has 0 spiro atoms. The molecule has 1 aliphatic heterocycles. The number of rotatable bonds is 5. The second-order valence-electron chi connectivity index (χ2n) is 6.55. The van der Waals surface area contributed by atoms with E-state index < -0.39 is 0 Å². The molecule has 1 atom stereocenters. The summed E-state index contributed by atoms with van der Waals surface area (Å²) in [4.78, 5) is 16.0. The van der Waals surface area contributed by atoms with Crippen LogP contribution in [0.3, 0.4) is 0 Å². The van der Waals surface area contributed by atoms with Gasteiger partial charge in [0, 0.05) is 24.3 Å². The lowest BCUT2D eigenvalue weighted by Gasteiger charge is -2.34. The molecule has 0 aliphatic carbocycles. The summed E-state index contributed by atoms with van der Waals surface area (Å²) >= 11 is 1.57. The molecule has 7 heteroatoms. The molecule has 3 aromatic heterocycles. The number of piperidine rings is 1. The lowest BCUT2D eigenvalue weighted by atomic mass is 9.99. The number of thiazole rings is 1. The van der Waals surface area contributed by atoms with Gasteiger partial charge in [0.2, 0.25) is 0 Å². The van der Waals surface area contributed by atoms with Crippen molar-refractivity contribution in [1.82, 2.24) is 19.9 Å². The van der Waals surface area contributed by atoms with Crippen molar-refractivity contribution in [2.75, 3.05) is 11.9 Å². The van der Waals surface area contributed by atoms with E-state index in [1.165, 1.54) is 12.8 Å². The maximum Gasteiger partial charge on any atom is 0.188 e. The van der Waals surface area contributed by atoms with Crippen LogP contribution in [0.4, 0.5) is 10.9 Å². The van der Waals surface area contributed by atoms with Crippen molar-refractivity contribution in [3.63, 3.8) is 0 Å². The zero-order valence-electron chi connectivity index (χ0n) is 14.9. The molecule has 3 aromatic rings. The number of pyridine rings is 2. The van der Waals surface area contributed by atoms with Crippen LogP contribution in [0.15, 0.2) is 48.1 Å². The second-order valence-corrected chi connectivity index (χ2v) is 7.41. The molecule has 0 radical (unpaired) electrons. The van der Waals surface area contributed by atoms with E-state index >= 15 is 0 Å². The van der Waals surface area contributed by atoms with Gasteiger partial charge in [-0.25, -0.2) is 9.97 Å². The molecule has 1 saturated heterocycles. The summed E-state index contributed by atoms with van der Waals surface area (Å²) in [5, 5.41) is 15.2. The van der Waals surface area contributed by atoms with Crippen molar-refractivity contribution in [3.05, 3.63) is 65.1 Å². The predicted molar refractivity (Wildman–Crippen MR) is 106 cm³/mol. The summed E-state index contributed by atoms with van der Waals surface area (Å²) in [6, 6.07) is 11.9. The van der Waals surface area contributed by atoms with Crippen molar-refractivity contribution in [1.29, 1.82) is 5.26 Å². The van der Waals surface area contributed by atoms with Crippen molar-refractivity contribution in [2.45, 2.75) is 31.8 Å². The summed E-state index contributed by atoms with van der Waals surface area (Å²) in [7, 11) is 0. The smallest absolute Gasteiger partial charge is 0.188 e. The molecule has 27 heavy (non-hydrogen) atoms. The van der Waals surface area contributed by atoms with Gasteiger partial charge in [0.15, 0.2) is 5.13 Å². The molecule has 1 N–H and O–H groups in total. The highest BCUT2D eigenvalue weighted by Gasteiger charge is 2.26. The van der Waals surface area contributed by atoms with Crippen LogP contribution in [0.5, 0.6) is 0 Å². The Bertz CT molecular complexity index is 933. The number of aromatic nitrogens is 3. The Morgan fingerprint density at radius 2 is 2.19 bits per heavy atom. The van der Waals surface area contributed by atoms with Crippen molar-refractivity contribution in [3.8, 4) is 6.07 Å². The Labute approximate surface area is 162 Å². The lowest BCUT2D eigenvalue weighted by Crippen LogP contribution is -2.33. The molecule has 0 saturated carbocycles. The fraction of sp³-hybridized carbons (Fsp3) is 0.300. The molecule has 1 fully saturated rings. The maximum atomic E-state index is 9.02. The monoisotopic (exact) mass is 376 g/mol. The predicted octanol–water partition coefficient (Wildman–Crippen LogP) is 4.28. The van der Waals surface area contributed by atoms with Crippen LogP contribution in [0.2, 0.25) is 0 Å². The van der Waals surface area contributed by atoms with Gasteiger partial charge in [-0.05, 0) is 43.7 Å². The van der Waals surface area contributed by atoms with Crippen LogP contribution in [-0.4, -0.2) is 26.4 Å². The van der Waals surface area contributed by atoms with Crippen LogP contribution >= 0.6 is 11.3 Å². The lowest BCUT2D eigenvalue weighted by molar-refractivity contribution is 0.136. The van der Waals surface area contributed by atoms with Gasteiger partial charge in [0.25, 0.3) is 0 Å². The van der Waals surface area contributed by atoms with Crippen molar-refractivity contribution < 1.29 is 0 Å². The first kappa shape index (κ1) is 17.6. The van der Waals surface area contributed by atoms with Gasteiger partial charge in [-0.15, -0.1) is 11.3 Å². The molecule has 6 nitrogen and oxygen atoms in total. The number of likely N-dealkylation sites (tertiary alicyclic amines) is 1. The zero-order chi connectivity index (χ0) is 18.5. The summed E-state index contributed by atoms with van der Waals surface area (Å²) in [5.74, 6) is 0.643. The zero-order valence-corrected chi connectivity index (χ0v) is 15.7. The molecular weight excluding hydrogens is 356 g/mol. The fourth-order valence-electron chi connectivity index (χ4n) is 3.39. The number of anilines is 2. The average Bonchev–Trinajstić information content (AvgIpc) is 3.17. The van der Waals surface area contributed by atoms with Gasteiger partial charge in [0.1, 0.15) is 5.82 Å². The molecule has 136 valence electrons. The van der Waals surface area contributed by atoms with Gasteiger partial charge in [-0.3, -0.25) is 9.88 Å². The number of hydrogen-bond acceptors (Lipinski definition) is 7. The van der Waals surface area contributed by atoms with Crippen molar-refractivity contribution in [2.24, 2.45) is 0 Å². The number of nitriles is 1. The van der Waals surface area contributed by atoms with Gasteiger partial charge < -0.3 is 5.32 Å². The topological polar surface area (TPSA) is 77.7 Å². The highest BCUT2D eigenvalue weighted by atomic mass is 32.1. The van der Waals surface area contributed by atoms with Crippen LogP contribution in [0.1, 0.15) is 42.3 Å². The Morgan fingerprint density at radius 3 is 3.04 bits per heavy atom. The largest absolute Gasteiger partial charge is 0.316 e. The van der Waals surface area contributed by atoms with E-state index in [1.54, 1.807) is 29.7 Å². The second kappa shape index (κ2) is 8.25. The van der Waals surface area contributed by atoms with Crippen LogP contribution in [0.25, 0.3) is 0 Å². The number of hydrogen-bond donors (Lipinski definition) is 1. The quantitative estimate of drug-likeness (QED) is 0.716. The molecule has 4 heterocycles. The SMILES string of the molecule is N#Cc1ccnc(Nc2nc(C3CCCCN3Cc3ccccn3)cs2)c1. The molecule has 1 unspecified atom stereocenters. The molecule has 0 amide bonds. The van der Waals surface area contributed by atoms with Gasteiger partial charge in [-0.1, -0.05) is 12.5 Å². The van der Waals surface area contributed by atoms with E-state index in [2.05, 4.69) is 37.7 Å². The molecular formula is C20H20N6S. The fourth-order valence-corrected chi connectivity index (χ4v) is 4.15. The number of nitrogens with one attached hydrogen (secondary N) is 1. The van der Waals surface area contributed by atoms with E-state index in [9.17, 15) is 0 Å². The Morgan fingerprint density at radius 1 is 1.22 bits per heavy atom. The molecule has 0 aromatic carbocycles. The van der Waals surface area contributed by atoms with E-state index in [0.717, 1.165) is 36.0 Å². The first-order valence-corrected chi connectivity index (χ1v) is 9.92. The minimum atomic E-state index is 0.311.